The van der Waals surface area contributed by atoms with E-state index >= 15 is 0 Å². The lowest BCUT2D eigenvalue weighted by Crippen LogP contribution is -2.44. The number of benzene rings is 2. The highest BCUT2D eigenvalue weighted by molar-refractivity contribution is 5.85. The Labute approximate surface area is 182 Å². The molecule has 3 N–H and O–H groups in total. The van der Waals surface area contributed by atoms with Crippen LogP contribution in [0.4, 0.5) is 0 Å². The zero-order valence-electron chi connectivity index (χ0n) is 17.0. The maximum Gasteiger partial charge on any atom is 0.221 e. The molecule has 1 amide bonds. The van der Waals surface area contributed by atoms with E-state index in [1.54, 1.807) is 7.11 Å². The normalized spacial score (nSPS) is 17.2. The number of hydrogen-bond donors (Lipinski definition) is 3. The molecule has 30 heavy (non-hydrogen) atoms. The van der Waals surface area contributed by atoms with Gasteiger partial charge in [0.15, 0.2) is 0 Å². The first kappa shape index (κ1) is 22.2. The molecule has 7 heteroatoms. The number of hydrogen-bond acceptors (Lipinski definition) is 4. The summed E-state index contributed by atoms with van der Waals surface area (Å²) < 4.78 is 10.7. The number of morpholine rings is 1. The van der Waals surface area contributed by atoms with E-state index in [4.69, 9.17) is 9.47 Å². The van der Waals surface area contributed by atoms with Crippen molar-refractivity contribution >= 4 is 29.2 Å². The lowest BCUT2D eigenvalue weighted by Gasteiger charge is -2.24. The SMILES string of the molecule is COc1ccc(C(CNC(=O)CC2COCCN2)c2c[nH]c3ccccc23)cc1.Cl. The third kappa shape index (κ3) is 5.14. The van der Waals surface area contributed by atoms with Crippen LogP contribution in [0.5, 0.6) is 5.75 Å². The predicted molar refractivity (Wildman–Crippen MR) is 121 cm³/mol. The molecule has 1 aliphatic rings. The van der Waals surface area contributed by atoms with Crippen molar-refractivity contribution in [2.24, 2.45) is 0 Å². The van der Waals surface area contributed by atoms with Crippen molar-refractivity contribution < 1.29 is 14.3 Å². The van der Waals surface area contributed by atoms with Crippen LogP contribution in [-0.4, -0.2) is 50.3 Å². The van der Waals surface area contributed by atoms with Crippen molar-refractivity contribution in [2.45, 2.75) is 18.4 Å². The highest BCUT2D eigenvalue weighted by Crippen LogP contribution is 2.31. The van der Waals surface area contributed by atoms with E-state index in [2.05, 4.69) is 39.9 Å². The first-order valence-corrected chi connectivity index (χ1v) is 10.0. The minimum Gasteiger partial charge on any atom is -0.497 e. The average molecular weight is 430 g/mol. The lowest BCUT2D eigenvalue weighted by molar-refractivity contribution is -0.122. The number of carbonyl (C=O) groups excluding carboxylic acids is 1. The van der Waals surface area contributed by atoms with Crippen LogP contribution in [0.1, 0.15) is 23.5 Å². The lowest BCUT2D eigenvalue weighted by atomic mass is 9.90. The van der Waals surface area contributed by atoms with Gasteiger partial charge in [0.1, 0.15) is 5.75 Å². The molecule has 4 rings (SSSR count). The molecule has 2 aromatic carbocycles. The zero-order chi connectivity index (χ0) is 20.1. The third-order valence-electron chi connectivity index (χ3n) is 5.45. The summed E-state index contributed by atoms with van der Waals surface area (Å²) in [6, 6.07) is 16.4. The smallest absolute Gasteiger partial charge is 0.221 e. The molecule has 0 saturated carbocycles. The summed E-state index contributed by atoms with van der Waals surface area (Å²) >= 11 is 0. The van der Waals surface area contributed by atoms with E-state index in [0.29, 0.717) is 26.2 Å². The van der Waals surface area contributed by atoms with Crippen molar-refractivity contribution in [3.05, 3.63) is 65.9 Å². The number of halogens is 1. The maximum absolute atomic E-state index is 12.5. The number of aromatic amines is 1. The fraction of sp³-hybridized carbons (Fsp3) is 0.348. The van der Waals surface area contributed by atoms with E-state index in [1.165, 1.54) is 10.9 Å². The number of para-hydroxylation sites is 1. The van der Waals surface area contributed by atoms with Gasteiger partial charge in [-0.3, -0.25) is 4.79 Å². The molecule has 2 unspecified atom stereocenters. The van der Waals surface area contributed by atoms with Gasteiger partial charge in [-0.05, 0) is 29.3 Å². The summed E-state index contributed by atoms with van der Waals surface area (Å²) in [5.74, 6) is 0.891. The fourth-order valence-corrected chi connectivity index (χ4v) is 3.89. The summed E-state index contributed by atoms with van der Waals surface area (Å²) in [4.78, 5) is 15.9. The molecule has 1 aliphatic heterocycles. The monoisotopic (exact) mass is 429 g/mol. The molecule has 1 aromatic heterocycles. The summed E-state index contributed by atoms with van der Waals surface area (Å²) in [6.45, 7) is 2.61. The van der Waals surface area contributed by atoms with Crippen LogP contribution in [0.25, 0.3) is 10.9 Å². The number of rotatable bonds is 7. The molecule has 0 radical (unpaired) electrons. The second-order valence-corrected chi connectivity index (χ2v) is 7.35. The first-order chi connectivity index (χ1) is 14.2. The van der Waals surface area contributed by atoms with Gasteiger partial charge in [-0.2, -0.15) is 0 Å². The van der Waals surface area contributed by atoms with Crippen molar-refractivity contribution in [1.29, 1.82) is 0 Å². The Morgan fingerprint density at radius 1 is 1.23 bits per heavy atom. The van der Waals surface area contributed by atoms with Crippen LogP contribution in [0.2, 0.25) is 0 Å². The summed E-state index contributed by atoms with van der Waals surface area (Å²) in [6.07, 6.45) is 2.46. The molecule has 160 valence electrons. The van der Waals surface area contributed by atoms with E-state index in [1.807, 2.05) is 30.5 Å². The Morgan fingerprint density at radius 2 is 2.03 bits per heavy atom. The molecule has 0 aliphatic carbocycles. The van der Waals surface area contributed by atoms with Gasteiger partial charge in [0, 0.05) is 48.6 Å². The molecule has 1 saturated heterocycles. The predicted octanol–water partition coefficient (Wildman–Crippen LogP) is 3.22. The highest BCUT2D eigenvalue weighted by atomic mass is 35.5. The summed E-state index contributed by atoms with van der Waals surface area (Å²) in [5, 5.41) is 7.63. The maximum atomic E-state index is 12.5. The van der Waals surface area contributed by atoms with Gasteiger partial charge in [-0.25, -0.2) is 0 Å². The van der Waals surface area contributed by atoms with Gasteiger partial charge in [0.05, 0.1) is 20.3 Å². The Balaban J connectivity index is 0.00000256. The number of nitrogens with one attached hydrogen (secondary N) is 3. The number of amides is 1. The zero-order valence-corrected chi connectivity index (χ0v) is 17.8. The third-order valence-corrected chi connectivity index (χ3v) is 5.45. The van der Waals surface area contributed by atoms with E-state index in [9.17, 15) is 4.79 Å². The second-order valence-electron chi connectivity index (χ2n) is 7.35. The molecule has 0 bridgehead atoms. The Kier molecular flexibility index (Phi) is 7.74. The van der Waals surface area contributed by atoms with Crippen LogP contribution in [0.15, 0.2) is 54.7 Å². The van der Waals surface area contributed by atoms with E-state index < -0.39 is 0 Å². The van der Waals surface area contributed by atoms with Gasteiger partial charge in [-0.15, -0.1) is 12.4 Å². The van der Waals surface area contributed by atoms with Crippen molar-refractivity contribution in [3.63, 3.8) is 0 Å². The standard InChI is InChI=1S/C23H27N3O3.ClH/c1-28-18-8-6-16(7-9-18)20(21-14-25-22-5-3-2-4-19(21)22)13-26-23(27)12-17-15-29-11-10-24-17;/h2-9,14,17,20,24-25H,10-13,15H2,1H3,(H,26,27);1H. The number of methoxy groups -OCH3 is 1. The molecule has 2 atom stereocenters. The Bertz CT molecular complexity index is 952. The van der Waals surface area contributed by atoms with Crippen molar-refractivity contribution in [3.8, 4) is 5.75 Å². The number of fused-ring (bicyclic) bond motifs is 1. The Hall–Kier alpha value is -2.54. The number of carbonyl (C=O) groups is 1. The second kappa shape index (κ2) is 10.5. The molecular weight excluding hydrogens is 402 g/mol. The van der Waals surface area contributed by atoms with Crippen LogP contribution >= 0.6 is 12.4 Å². The average Bonchev–Trinajstić information content (AvgIpc) is 3.19. The minimum atomic E-state index is 0. The van der Waals surface area contributed by atoms with Crippen LogP contribution in [0, 0.1) is 0 Å². The van der Waals surface area contributed by atoms with Gasteiger partial charge < -0.3 is 25.1 Å². The molecular formula is C23H28ClN3O3. The van der Waals surface area contributed by atoms with Crippen molar-refractivity contribution in [1.82, 2.24) is 15.6 Å². The van der Waals surface area contributed by atoms with E-state index in [0.717, 1.165) is 23.4 Å². The number of ether oxygens (including phenoxy) is 2. The fourth-order valence-electron chi connectivity index (χ4n) is 3.89. The van der Waals surface area contributed by atoms with Crippen molar-refractivity contribution in [2.75, 3.05) is 33.4 Å². The minimum absolute atomic E-state index is 0. The number of H-pyrrole nitrogens is 1. The molecule has 6 nitrogen and oxygen atoms in total. The first-order valence-electron chi connectivity index (χ1n) is 10.0. The van der Waals surface area contributed by atoms with Crippen LogP contribution < -0.4 is 15.4 Å². The topological polar surface area (TPSA) is 75.4 Å². The van der Waals surface area contributed by atoms with Crippen LogP contribution in [0.3, 0.4) is 0 Å². The Morgan fingerprint density at radius 3 is 2.77 bits per heavy atom. The molecule has 1 fully saturated rings. The van der Waals surface area contributed by atoms with Gasteiger partial charge in [-0.1, -0.05) is 30.3 Å². The van der Waals surface area contributed by atoms with Crippen LogP contribution in [-0.2, 0) is 9.53 Å². The molecule has 2 heterocycles. The highest BCUT2D eigenvalue weighted by Gasteiger charge is 2.21. The molecule has 0 spiro atoms. The summed E-state index contributed by atoms with van der Waals surface area (Å²) in [5.41, 5.74) is 3.40. The van der Waals surface area contributed by atoms with Gasteiger partial charge >= 0.3 is 0 Å². The van der Waals surface area contributed by atoms with E-state index in [-0.39, 0.29) is 30.3 Å². The van der Waals surface area contributed by atoms with Gasteiger partial charge in [0.25, 0.3) is 0 Å². The van der Waals surface area contributed by atoms with Gasteiger partial charge in [0.2, 0.25) is 5.91 Å². The number of aromatic nitrogens is 1. The summed E-state index contributed by atoms with van der Waals surface area (Å²) in [7, 11) is 1.66. The quantitative estimate of drug-likeness (QED) is 0.539. The largest absolute Gasteiger partial charge is 0.497 e. The molecule has 3 aromatic rings.